The topological polar surface area (TPSA) is 72.2 Å². The Morgan fingerprint density at radius 1 is 1.33 bits per heavy atom. The number of aryl methyl sites for hydroxylation is 1. The summed E-state index contributed by atoms with van der Waals surface area (Å²) >= 11 is 0. The van der Waals surface area contributed by atoms with Crippen LogP contribution in [0.1, 0.15) is 50.2 Å². The first kappa shape index (κ1) is 16.5. The third kappa shape index (κ3) is 4.05. The number of rotatable bonds is 5. The number of benzene rings is 1. The number of hydrogen-bond donors (Lipinski definition) is 2. The van der Waals surface area contributed by atoms with Gasteiger partial charge in [0.05, 0.1) is 4.90 Å². The summed E-state index contributed by atoms with van der Waals surface area (Å²) in [5, 5.41) is 0. The average molecular weight is 310 g/mol. The summed E-state index contributed by atoms with van der Waals surface area (Å²) in [5.41, 5.74) is 7.53. The Labute approximate surface area is 128 Å². The minimum atomic E-state index is -3.43. The normalized spacial score (nSPS) is 23.2. The molecule has 0 radical (unpaired) electrons. The van der Waals surface area contributed by atoms with Gasteiger partial charge in [-0.15, -0.1) is 0 Å². The zero-order valence-electron chi connectivity index (χ0n) is 12.9. The maximum Gasteiger partial charge on any atom is 0.240 e. The van der Waals surface area contributed by atoms with Crippen LogP contribution in [0, 0.1) is 12.8 Å². The summed E-state index contributed by atoms with van der Waals surface area (Å²) in [7, 11) is -3.43. The zero-order valence-corrected chi connectivity index (χ0v) is 13.7. The molecule has 1 fully saturated rings. The molecular formula is C16H26N2O2S. The Kier molecular flexibility index (Phi) is 5.41. The van der Waals surface area contributed by atoms with Crippen molar-refractivity contribution in [3.63, 3.8) is 0 Å². The van der Waals surface area contributed by atoms with Crippen LogP contribution in [0.25, 0.3) is 0 Å². The van der Waals surface area contributed by atoms with Crippen molar-refractivity contribution < 1.29 is 8.42 Å². The van der Waals surface area contributed by atoms with Crippen LogP contribution in [-0.4, -0.2) is 14.5 Å². The van der Waals surface area contributed by atoms with Gasteiger partial charge in [0.2, 0.25) is 10.0 Å². The van der Waals surface area contributed by atoms with Gasteiger partial charge in [0, 0.05) is 12.6 Å². The van der Waals surface area contributed by atoms with Crippen molar-refractivity contribution in [2.45, 2.75) is 63.4 Å². The van der Waals surface area contributed by atoms with E-state index >= 15 is 0 Å². The first-order chi connectivity index (χ1) is 9.96. The summed E-state index contributed by atoms with van der Waals surface area (Å²) in [6.07, 6.45) is 5.35. The molecule has 0 bridgehead atoms. The predicted molar refractivity (Wildman–Crippen MR) is 85.4 cm³/mol. The fraction of sp³-hybridized carbons (Fsp3) is 0.625. The third-order valence-electron chi connectivity index (χ3n) is 4.53. The molecule has 1 aromatic carbocycles. The molecule has 2 rings (SSSR count). The Morgan fingerprint density at radius 2 is 2.10 bits per heavy atom. The van der Waals surface area contributed by atoms with Crippen molar-refractivity contribution in [2.24, 2.45) is 11.7 Å². The summed E-state index contributed by atoms with van der Waals surface area (Å²) in [6.45, 7) is 4.51. The van der Waals surface area contributed by atoms with Crippen LogP contribution in [0.3, 0.4) is 0 Å². The molecule has 0 aliphatic heterocycles. The molecule has 3 N–H and O–H groups in total. The molecule has 0 amide bonds. The summed E-state index contributed by atoms with van der Waals surface area (Å²) < 4.78 is 27.9. The highest BCUT2D eigenvalue weighted by atomic mass is 32.2. The summed E-state index contributed by atoms with van der Waals surface area (Å²) in [6, 6.07) is 5.24. The molecule has 0 saturated heterocycles. The van der Waals surface area contributed by atoms with Gasteiger partial charge in [-0.25, -0.2) is 13.1 Å². The summed E-state index contributed by atoms with van der Waals surface area (Å²) in [5.74, 6) is 0.646. The molecule has 4 nitrogen and oxygen atoms in total. The number of hydrogen-bond acceptors (Lipinski definition) is 3. The molecule has 1 aromatic rings. The molecule has 118 valence electrons. The molecule has 0 aromatic heterocycles. The number of sulfonamides is 1. The van der Waals surface area contributed by atoms with Crippen molar-refractivity contribution in [2.75, 3.05) is 0 Å². The van der Waals surface area contributed by atoms with E-state index < -0.39 is 10.0 Å². The molecule has 0 heterocycles. The maximum atomic E-state index is 12.5. The van der Waals surface area contributed by atoms with Crippen molar-refractivity contribution in [3.8, 4) is 0 Å². The lowest BCUT2D eigenvalue weighted by Crippen LogP contribution is -2.38. The van der Waals surface area contributed by atoms with Gasteiger partial charge in [0.1, 0.15) is 0 Å². The lowest BCUT2D eigenvalue weighted by atomic mass is 9.85. The Bertz CT molecular complexity index is 584. The fourth-order valence-electron chi connectivity index (χ4n) is 3.12. The molecule has 5 heteroatoms. The average Bonchev–Trinajstić information content (AvgIpc) is 2.47. The van der Waals surface area contributed by atoms with E-state index in [1.54, 1.807) is 18.2 Å². The van der Waals surface area contributed by atoms with Crippen molar-refractivity contribution >= 4 is 10.0 Å². The van der Waals surface area contributed by atoms with E-state index in [-0.39, 0.29) is 6.04 Å². The monoisotopic (exact) mass is 310 g/mol. The highest BCUT2D eigenvalue weighted by molar-refractivity contribution is 7.89. The van der Waals surface area contributed by atoms with Crippen LogP contribution < -0.4 is 10.5 Å². The standard InChI is InChI=1S/C16H26N2O2S/c1-3-13-5-4-6-15(10-13)18-21(19,20)16-8-7-14(11-17)12(2)9-16/h7-9,13,15,18H,3-6,10-11,17H2,1-2H3. The highest BCUT2D eigenvalue weighted by Gasteiger charge is 2.25. The minimum absolute atomic E-state index is 0.0724. The molecule has 2 atom stereocenters. The van der Waals surface area contributed by atoms with Crippen LogP contribution in [0.2, 0.25) is 0 Å². The SMILES string of the molecule is CCC1CCCC(NS(=O)(=O)c2ccc(CN)c(C)c2)C1. The summed E-state index contributed by atoms with van der Waals surface area (Å²) in [4.78, 5) is 0.343. The first-order valence-electron chi connectivity index (χ1n) is 7.78. The fourth-order valence-corrected chi connectivity index (χ4v) is 4.49. The lowest BCUT2D eigenvalue weighted by molar-refractivity contribution is 0.301. The van der Waals surface area contributed by atoms with E-state index in [0.29, 0.717) is 17.4 Å². The Hall–Kier alpha value is -0.910. The van der Waals surface area contributed by atoms with E-state index in [1.807, 2.05) is 6.92 Å². The highest BCUT2D eigenvalue weighted by Crippen LogP contribution is 2.27. The third-order valence-corrected chi connectivity index (χ3v) is 6.04. The number of nitrogens with one attached hydrogen (secondary N) is 1. The van der Waals surface area contributed by atoms with Gasteiger partial charge >= 0.3 is 0 Å². The van der Waals surface area contributed by atoms with Gasteiger partial charge in [-0.3, -0.25) is 0 Å². The van der Waals surface area contributed by atoms with Gasteiger partial charge < -0.3 is 5.73 Å². The largest absolute Gasteiger partial charge is 0.326 e. The van der Waals surface area contributed by atoms with Crippen LogP contribution in [0.4, 0.5) is 0 Å². The van der Waals surface area contributed by atoms with Gasteiger partial charge in [0.15, 0.2) is 0 Å². The van der Waals surface area contributed by atoms with Gasteiger partial charge in [-0.2, -0.15) is 0 Å². The quantitative estimate of drug-likeness (QED) is 0.878. The predicted octanol–water partition coefficient (Wildman–Crippen LogP) is 2.70. The van der Waals surface area contributed by atoms with Crippen molar-refractivity contribution in [1.82, 2.24) is 4.72 Å². The van der Waals surface area contributed by atoms with Crippen molar-refractivity contribution in [3.05, 3.63) is 29.3 Å². The van der Waals surface area contributed by atoms with Gasteiger partial charge in [-0.05, 0) is 48.9 Å². The molecule has 2 unspecified atom stereocenters. The van der Waals surface area contributed by atoms with Crippen LogP contribution >= 0.6 is 0 Å². The van der Waals surface area contributed by atoms with Crippen LogP contribution in [0.15, 0.2) is 23.1 Å². The smallest absolute Gasteiger partial charge is 0.240 e. The Morgan fingerprint density at radius 3 is 2.71 bits per heavy atom. The molecule has 1 aliphatic rings. The van der Waals surface area contributed by atoms with Crippen molar-refractivity contribution in [1.29, 1.82) is 0 Å². The van der Waals surface area contributed by atoms with Crippen LogP contribution in [-0.2, 0) is 16.6 Å². The van der Waals surface area contributed by atoms with Gasteiger partial charge in [0.25, 0.3) is 0 Å². The van der Waals surface area contributed by atoms with E-state index in [0.717, 1.165) is 36.8 Å². The van der Waals surface area contributed by atoms with E-state index in [9.17, 15) is 8.42 Å². The Balaban J connectivity index is 2.13. The zero-order chi connectivity index (χ0) is 15.5. The number of nitrogens with two attached hydrogens (primary N) is 1. The first-order valence-corrected chi connectivity index (χ1v) is 9.26. The molecule has 1 saturated carbocycles. The second-order valence-corrected chi connectivity index (χ2v) is 7.77. The second-order valence-electron chi connectivity index (χ2n) is 6.05. The van der Waals surface area contributed by atoms with Crippen LogP contribution in [0.5, 0.6) is 0 Å². The lowest BCUT2D eigenvalue weighted by Gasteiger charge is -2.28. The molecular weight excluding hydrogens is 284 g/mol. The molecule has 21 heavy (non-hydrogen) atoms. The van der Waals surface area contributed by atoms with E-state index in [4.69, 9.17) is 5.73 Å². The van der Waals surface area contributed by atoms with E-state index in [2.05, 4.69) is 11.6 Å². The second kappa shape index (κ2) is 6.90. The molecule has 0 spiro atoms. The van der Waals surface area contributed by atoms with Gasteiger partial charge in [-0.1, -0.05) is 32.3 Å². The molecule has 1 aliphatic carbocycles. The maximum absolute atomic E-state index is 12.5. The van der Waals surface area contributed by atoms with E-state index in [1.165, 1.54) is 6.42 Å². The minimum Gasteiger partial charge on any atom is -0.326 e.